The number of nitrogens with one attached hydrogen (secondary N) is 2. The van der Waals surface area contributed by atoms with Crippen molar-refractivity contribution in [2.24, 2.45) is 0 Å². The molecule has 0 aliphatic carbocycles. The van der Waals surface area contributed by atoms with Crippen LogP contribution >= 0.6 is 0 Å². The molecule has 2 fully saturated rings. The van der Waals surface area contributed by atoms with Crippen molar-refractivity contribution in [3.8, 4) is 0 Å². The summed E-state index contributed by atoms with van der Waals surface area (Å²) in [4.78, 5) is 17.5. The number of rotatable bonds is 4. The van der Waals surface area contributed by atoms with Crippen molar-refractivity contribution >= 4 is 16.9 Å². The number of ether oxygens (including phenoxy) is 2. The van der Waals surface area contributed by atoms with E-state index in [4.69, 9.17) is 9.47 Å². The van der Waals surface area contributed by atoms with Gasteiger partial charge in [0.05, 0.1) is 19.8 Å². The Morgan fingerprint density at radius 2 is 2.12 bits per heavy atom. The monoisotopic (exact) mass is 343 g/mol. The van der Waals surface area contributed by atoms with E-state index in [-0.39, 0.29) is 6.03 Å². The Bertz CT molecular complexity index is 736. The van der Waals surface area contributed by atoms with Crippen molar-refractivity contribution in [2.45, 2.75) is 31.5 Å². The van der Waals surface area contributed by atoms with Gasteiger partial charge in [0.25, 0.3) is 0 Å². The molecule has 2 aliphatic rings. The van der Waals surface area contributed by atoms with E-state index in [1.54, 1.807) is 0 Å². The van der Waals surface area contributed by atoms with Crippen LogP contribution in [0.1, 0.15) is 24.8 Å². The molecule has 6 nitrogen and oxygen atoms in total. The highest BCUT2D eigenvalue weighted by atomic mass is 16.7. The molecule has 2 aromatic rings. The van der Waals surface area contributed by atoms with Gasteiger partial charge in [-0.25, -0.2) is 4.79 Å². The Hall–Kier alpha value is -2.05. The van der Waals surface area contributed by atoms with E-state index in [9.17, 15) is 4.79 Å². The van der Waals surface area contributed by atoms with Gasteiger partial charge in [0.1, 0.15) is 0 Å². The number of aromatic amines is 1. The number of H-pyrrole nitrogens is 1. The van der Waals surface area contributed by atoms with Crippen LogP contribution in [0.4, 0.5) is 4.79 Å². The third-order valence-corrected chi connectivity index (χ3v) is 5.09. The molecule has 2 saturated heterocycles. The molecule has 3 heterocycles. The number of amides is 2. The quantitative estimate of drug-likeness (QED) is 0.839. The fourth-order valence-electron chi connectivity index (χ4n) is 3.82. The van der Waals surface area contributed by atoms with Crippen LogP contribution in [0, 0.1) is 0 Å². The van der Waals surface area contributed by atoms with Gasteiger partial charge in [-0.15, -0.1) is 0 Å². The van der Waals surface area contributed by atoms with Gasteiger partial charge in [-0.05, 0) is 30.9 Å². The molecule has 0 atom stereocenters. The topological polar surface area (TPSA) is 66.6 Å². The summed E-state index contributed by atoms with van der Waals surface area (Å²) in [7, 11) is 0. The highest BCUT2D eigenvalue weighted by Crippen LogP contribution is 2.30. The summed E-state index contributed by atoms with van der Waals surface area (Å²) in [6.45, 7) is 3.22. The predicted octanol–water partition coefficient (Wildman–Crippen LogP) is 2.65. The minimum atomic E-state index is -0.556. The highest BCUT2D eigenvalue weighted by Gasteiger charge is 2.42. The highest BCUT2D eigenvalue weighted by molar-refractivity contribution is 5.83. The molecule has 0 radical (unpaired) electrons. The average Bonchev–Trinajstić information content (AvgIpc) is 3.26. The second-order valence-corrected chi connectivity index (χ2v) is 6.83. The van der Waals surface area contributed by atoms with Gasteiger partial charge < -0.3 is 24.7 Å². The second-order valence-electron chi connectivity index (χ2n) is 6.83. The maximum absolute atomic E-state index is 12.4. The molecular weight excluding hydrogens is 318 g/mol. The van der Waals surface area contributed by atoms with Crippen molar-refractivity contribution in [2.75, 3.05) is 32.8 Å². The molecule has 1 aromatic carbocycles. The van der Waals surface area contributed by atoms with Gasteiger partial charge in [0.2, 0.25) is 0 Å². The molecule has 1 spiro atoms. The number of hydrogen-bond acceptors (Lipinski definition) is 3. The first-order chi connectivity index (χ1) is 12.3. The summed E-state index contributed by atoms with van der Waals surface area (Å²) >= 11 is 0. The lowest BCUT2D eigenvalue weighted by molar-refractivity contribution is -0.182. The smallest absolute Gasteiger partial charge is 0.317 e. The SMILES string of the molecule is O=C(NCCCc1c[nH]c2ccccc12)N1CCCC2(C1)OCCO2. The Kier molecular flexibility index (Phi) is 4.63. The molecule has 2 amide bonds. The molecule has 0 unspecified atom stereocenters. The minimum absolute atomic E-state index is 0.0166. The Labute approximate surface area is 147 Å². The van der Waals surface area contributed by atoms with E-state index in [2.05, 4.69) is 34.7 Å². The van der Waals surface area contributed by atoms with Crippen molar-refractivity contribution in [1.29, 1.82) is 0 Å². The first-order valence-electron chi connectivity index (χ1n) is 9.11. The standard InChI is InChI=1S/C19H25N3O3/c23-18(22-10-4-8-19(14-22)24-11-12-25-19)20-9-3-5-15-13-21-17-7-2-1-6-16(15)17/h1-2,6-7,13,21H,3-5,8-12,14H2,(H,20,23). The van der Waals surface area contributed by atoms with Crippen molar-refractivity contribution in [3.05, 3.63) is 36.0 Å². The molecule has 25 heavy (non-hydrogen) atoms. The minimum Gasteiger partial charge on any atom is -0.361 e. The van der Waals surface area contributed by atoms with Gasteiger partial charge in [-0.1, -0.05) is 18.2 Å². The Balaban J connectivity index is 1.25. The molecule has 0 bridgehead atoms. The molecule has 4 rings (SSSR count). The van der Waals surface area contributed by atoms with Crippen molar-refractivity contribution in [1.82, 2.24) is 15.2 Å². The fourth-order valence-corrected chi connectivity index (χ4v) is 3.82. The number of para-hydroxylation sites is 1. The third-order valence-electron chi connectivity index (χ3n) is 5.09. The summed E-state index contributed by atoms with van der Waals surface area (Å²) in [5.41, 5.74) is 2.46. The van der Waals surface area contributed by atoms with Crippen LogP contribution in [0.25, 0.3) is 10.9 Å². The van der Waals surface area contributed by atoms with Crippen LogP contribution in [0.15, 0.2) is 30.5 Å². The van der Waals surface area contributed by atoms with Gasteiger partial charge in [0, 0.05) is 36.6 Å². The molecule has 6 heteroatoms. The van der Waals surface area contributed by atoms with Crippen LogP contribution in [0.3, 0.4) is 0 Å². The predicted molar refractivity (Wildman–Crippen MR) is 95.5 cm³/mol. The first kappa shape index (κ1) is 16.4. The van der Waals surface area contributed by atoms with Crippen molar-refractivity contribution < 1.29 is 14.3 Å². The van der Waals surface area contributed by atoms with Crippen LogP contribution < -0.4 is 5.32 Å². The number of aromatic nitrogens is 1. The Morgan fingerprint density at radius 3 is 3.00 bits per heavy atom. The largest absolute Gasteiger partial charge is 0.361 e. The number of aryl methyl sites for hydroxylation is 1. The average molecular weight is 343 g/mol. The number of hydrogen-bond donors (Lipinski definition) is 2. The summed E-state index contributed by atoms with van der Waals surface area (Å²) in [5, 5.41) is 4.30. The number of carbonyl (C=O) groups excluding carboxylic acids is 1. The van der Waals surface area contributed by atoms with Crippen LogP contribution in [0.5, 0.6) is 0 Å². The van der Waals surface area contributed by atoms with Gasteiger partial charge in [0.15, 0.2) is 5.79 Å². The van der Waals surface area contributed by atoms with Gasteiger partial charge in [-0.3, -0.25) is 0 Å². The number of nitrogens with zero attached hydrogens (tertiary/aromatic N) is 1. The number of fused-ring (bicyclic) bond motifs is 1. The van der Waals surface area contributed by atoms with Crippen LogP contribution in [0.2, 0.25) is 0 Å². The van der Waals surface area contributed by atoms with Crippen LogP contribution in [-0.4, -0.2) is 54.6 Å². The van der Waals surface area contributed by atoms with E-state index >= 15 is 0 Å². The maximum atomic E-state index is 12.4. The Morgan fingerprint density at radius 1 is 1.28 bits per heavy atom. The maximum Gasteiger partial charge on any atom is 0.317 e. The zero-order chi connectivity index (χ0) is 17.1. The molecular formula is C19H25N3O3. The summed E-state index contributed by atoms with van der Waals surface area (Å²) in [5.74, 6) is -0.556. The molecule has 134 valence electrons. The second kappa shape index (κ2) is 7.06. The lowest BCUT2D eigenvalue weighted by Gasteiger charge is -2.38. The summed E-state index contributed by atoms with van der Waals surface area (Å²) in [6, 6.07) is 8.29. The van der Waals surface area contributed by atoms with E-state index in [0.29, 0.717) is 26.3 Å². The zero-order valence-corrected chi connectivity index (χ0v) is 14.4. The third kappa shape index (κ3) is 3.50. The lowest BCUT2D eigenvalue weighted by atomic mass is 10.1. The van der Waals surface area contributed by atoms with E-state index < -0.39 is 5.79 Å². The van der Waals surface area contributed by atoms with Gasteiger partial charge >= 0.3 is 6.03 Å². The molecule has 0 saturated carbocycles. The number of benzene rings is 1. The molecule has 2 N–H and O–H groups in total. The number of piperidine rings is 1. The van der Waals surface area contributed by atoms with E-state index in [1.807, 2.05) is 11.0 Å². The number of carbonyl (C=O) groups is 1. The summed E-state index contributed by atoms with van der Waals surface area (Å²) < 4.78 is 11.5. The van der Waals surface area contributed by atoms with Crippen LogP contribution in [-0.2, 0) is 15.9 Å². The number of urea groups is 1. The fraction of sp³-hybridized carbons (Fsp3) is 0.526. The first-order valence-corrected chi connectivity index (χ1v) is 9.11. The van der Waals surface area contributed by atoms with Crippen molar-refractivity contribution in [3.63, 3.8) is 0 Å². The van der Waals surface area contributed by atoms with E-state index in [0.717, 1.165) is 37.7 Å². The zero-order valence-electron chi connectivity index (χ0n) is 14.4. The molecule has 1 aromatic heterocycles. The molecule has 2 aliphatic heterocycles. The van der Waals surface area contributed by atoms with E-state index in [1.165, 1.54) is 10.9 Å². The lowest BCUT2D eigenvalue weighted by Crippen LogP contribution is -2.53. The van der Waals surface area contributed by atoms with Gasteiger partial charge in [-0.2, -0.15) is 0 Å². The summed E-state index contributed by atoms with van der Waals surface area (Å²) in [6.07, 6.45) is 5.72. The number of likely N-dealkylation sites (tertiary alicyclic amines) is 1. The normalized spacial score (nSPS) is 19.6.